The number of hydrogen-bond acceptors (Lipinski definition) is 2. The van der Waals surface area contributed by atoms with Crippen LogP contribution in [0.3, 0.4) is 0 Å². The summed E-state index contributed by atoms with van der Waals surface area (Å²) in [4.78, 5) is 1.36. The van der Waals surface area contributed by atoms with Gasteiger partial charge >= 0.3 is 0 Å². The Morgan fingerprint density at radius 1 is 1.42 bits per heavy atom. The predicted molar refractivity (Wildman–Crippen MR) is 85.7 cm³/mol. The van der Waals surface area contributed by atoms with Crippen molar-refractivity contribution in [2.45, 2.75) is 37.6 Å². The van der Waals surface area contributed by atoms with E-state index in [4.69, 9.17) is 5.73 Å². The number of halogens is 1. The molecule has 1 aliphatic rings. The molecule has 1 aliphatic carbocycles. The van der Waals surface area contributed by atoms with Crippen molar-refractivity contribution >= 4 is 27.3 Å². The smallest absolute Gasteiger partial charge is 0.0461 e. The van der Waals surface area contributed by atoms with Crippen LogP contribution >= 0.6 is 27.3 Å². The monoisotopic (exact) mass is 335 g/mol. The molecule has 3 rings (SSSR count). The quantitative estimate of drug-likeness (QED) is 0.837. The summed E-state index contributed by atoms with van der Waals surface area (Å²) >= 11 is 5.32. The molecular formula is C16H18BrNS. The summed E-state index contributed by atoms with van der Waals surface area (Å²) in [5.74, 6) is 0.628. The summed E-state index contributed by atoms with van der Waals surface area (Å²) in [5, 5.41) is 2.13. The van der Waals surface area contributed by atoms with E-state index in [0.717, 1.165) is 17.3 Å². The van der Waals surface area contributed by atoms with Crippen molar-refractivity contribution in [3.8, 4) is 0 Å². The second-order valence-corrected chi connectivity index (χ2v) is 7.50. The van der Waals surface area contributed by atoms with E-state index in [-0.39, 0.29) is 5.54 Å². The zero-order chi connectivity index (χ0) is 13.5. The maximum Gasteiger partial charge on any atom is 0.0461 e. The van der Waals surface area contributed by atoms with Crippen molar-refractivity contribution < 1.29 is 0 Å². The molecule has 0 bridgehead atoms. The molecule has 2 unspecified atom stereocenters. The first kappa shape index (κ1) is 13.3. The van der Waals surface area contributed by atoms with Gasteiger partial charge in [0, 0.05) is 26.7 Å². The highest BCUT2D eigenvalue weighted by atomic mass is 79.9. The molecule has 1 aromatic heterocycles. The van der Waals surface area contributed by atoms with Crippen LogP contribution in [0.25, 0.3) is 0 Å². The van der Waals surface area contributed by atoms with Gasteiger partial charge in [0.25, 0.3) is 0 Å². The average molecular weight is 336 g/mol. The van der Waals surface area contributed by atoms with E-state index in [0.29, 0.717) is 5.92 Å². The van der Waals surface area contributed by atoms with E-state index < -0.39 is 0 Å². The molecule has 2 aromatic rings. The van der Waals surface area contributed by atoms with Gasteiger partial charge in [-0.3, -0.25) is 0 Å². The van der Waals surface area contributed by atoms with Crippen LogP contribution in [0, 0.1) is 0 Å². The van der Waals surface area contributed by atoms with Gasteiger partial charge < -0.3 is 5.73 Å². The molecule has 0 aliphatic heterocycles. The minimum Gasteiger partial charge on any atom is -0.321 e. The van der Waals surface area contributed by atoms with Gasteiger partial charge in [-0.05, 0) is 51.9 Å². The van der Waals surface area contributed by atoms with Gasteiger partial charge in [0.05, 0.1) is 0 Å². The lowest BCUT2D eigenvalue weighted by Gasteiger charge is -2.38. The highest BCUT2D eigenvalue weighted by Crippen LogP contribution is 2.42. The first-order valence-electron chi connectivity index (χ1n) is 6.70. The van der Waals surface area contributed by atoms with Crippen molar-refractivity contribution in [3.05, 3.63) is 56.2 Å². The Morgan fingerprint density at radius 3 is 2.95 bits per heavy atom. The number of nitrogens with two attached hydrogens (primary N) is 1. The Hall–Kier alpha value is -0.640. The molecule has 3 heteroatoms. The Kier molecular flexibility index (Phi) is 3.54. The molecule has 1 aromatic carbocycles. The Labute approximate surface area is 127 Å². The second-order valence-electron chi connectivity index (χ2n) is 5.59. The Bertz CT molecular complexity index is 592. The lowest BCUT2D eigenvalue weighted by atomic mass is 9.71. The van der Waals surface area contributed by atoms with Crippen LogP contribution in [0.2, 0.25) is 0 Å². The molecule has 100 valence electrons. The van der Waals surface area contributed by atoms with Crippen LogP contribution in [0.1, 0.15) is 41.7 Å². The third kappa shape index (κ3) is 2.51. The van der Waals surface area contributed by atoms with Crippen molar-refractivity contribution in [1.29, 1.82) is 0 Å². The average Bonchev–Trinajstić information content (AvgIpc) is 2.80. The van der Waals surface area contributed by atoms with Crippen LogP contribution in [0.15, 0.2) is 40.2 Å². The fraction of sp³-hybridized carbons (Fsp3) is 0.375. The number of fused-ring (bicyclic) bond motifs is 1. The van der Waals surface area contributed by atoms with Crippen LogP contribution in [0.4, 0.5) is 0 Å². The lowest BCUT2D eigenvalue weighted by molar-refractivity contribution is 0.351. The SMILES string of the molecule is CC1CCC(N)(Cc2cc(Br)cs2)c2ccccc21. The maximum absolute atomic E-state index is 6.77. The molecular weight excluding hydrogens is 318 g/mol. The van der Waals surface area contributed by atoms with Crippen molar-refractivity contribution in [2.75, 3.05) is 0 Å². The highest BCUT2D eigenvalue weighted by molar-refractivity contribution is 9.10. The summed E-state index contributed by atoms with van der Waals surface area (Å²) in [6, 6.07) is 10.9. The molecule has 1 heterocycles. The van der Waals surface area contributed by atoms with Gasteiger partial charge in [-0.1, -0.05) is 31.2 Å². The summed E-state index contributed by atoms with van der Waals surface area (Å²) in [6.07, 6.45) is 3.19. The van der Waals surface area contributed by atoms with Gasteiger partial charge in [-0.15, -0.1) is 11.3 Å². The highest BCUT2D eigenvalue weighted by Gasteiger charge is 2.35. The topological polar surface area (TPSA) is 26.0 Å². The zero-order valence-corrected chi connectivity index (χ0v) is 13.4. The normalized spacial score (nSPS) is 26.2. The molecule has 1 nitrogen and oxygen atoms in total. The molecule has 0 fully saturated rings. The van der Waals surface area contributed by atoms with Crippen LogP contribution < -0.4 is 5.73 Å². The van der Waals surface area contributed by atoms with Gasteiger partial charge in [0.2, 0.25) is 0 Å². The molecule has 2 atom stereocenters. The molecule has 2 N–H and O–H groups in total. The Morgan fingerprint density at radius 2 is 2.21 bits per heavy atom. The van der Waals surface area contributed by atoms with E-state index in [9.17, 15) is 0 Å². The summed E-state index contributed by atoms with van der Waals surface area (Å²) < 4.78 is 1.16. The number of hydrogen-bond donors (Lipinski definition) is 1. The van der Waals surface area contributed by atoms with Gasteiger partial charge in [0.1, 0.15) is 0 Å². The van der Waals surface area contributed by atoms with Crippen LogP contribution in [-0.2, 0) is 12.0 Å². The fourth-order valence-electron chi connectivity index (χ4n) is 3.09. The van der Waals surface area contributed by atoms with E-state index in [1.807, 2.05) is 0 Å². The third-order valence-corrected chi connectivity index (χ3v) is 5.86. The van der Waals surface area contributed by atoms with Gasteiger partial charge in [0.15, 0.2) is 0 Å². The van der Waals surface area contributed by atoms with E-state index >= 15 is 0 Å². The summed E-state index contributed by atoms with van der Waals surface area (Å²) in [6.45, 7) is 2.31. The number of thiophene rings is 1. The van der Waals surface area contributed by atoms with E-state index in [2.05, 4.69) is 58.6 Å². The van der Waals surface area contributed by atoms with E-state index in [1.165, 1.54) is 22.4 Å². The summed E-state index contributed by atoms with van der Waals surface area (Å²) in [5.41, 5.74) is 9.35. The molecule has 0 radical (unpaired) electrons. The van der Waals surface area contributed by atoms with Crippen molar-refractivity contribution in [2.24, 2.45) is 5.73 Å². The molecule has 19 heavy (non-hydrogen) atoms. The molecule has 0 amide bonds. The van der Waals surface area contributed by atoms with Gasteiger partial charge in [-0.25, -0.2) is 0 Å². The Balaban J connectivity index is 1.98. The van der Waals surface area contributed by atoms with Crippen molar-refractivity contribution in [3.63, 3.8) is 0 Å². The second kappa shape index (κ2) is 5.04. The largest absolute Gasteiger partial charge is 0.321 e. The minimum absolute atomic E-state index is 0.201. The zero-order valence-electron chi connectivity index (χ0n) is 11.0. The number of benzene rings is 1. The van der Waals surface area contributed by atoms with Crippen LogP contribution in [-0.4, -0.2) is 0 Å². The number of rotatable bonds is 2. The maximum atomic E-state index is 6.77. The minimum atomic E-state index is -0.201. The summed E-state index contributed by atoms with van der Waals surface area (Å²) in [7, 11) is 0. The molecule has 0 spiro atoms. The molecule has 0 saturated carbocycles. The predicted octanol–water partition coefficient (Wildman–Crippen LogP) is 4.80. The fourth-order valence-corrected chi connectivity index (χ4v) is 4.66. The van der Waals surface area contributed by atoms with Crippen LogP contribution in [0.5, 0.6) is 0 Å². The first-order chi connectivity index (χ1) is 9.08. The van der Waals surface area contributed by atoms with E-state index in [1.54, 1.807) is 11.3 Å². The third-order valence-electron chi connectivity index (χ3n) is 4.16. The first-order valence-corrected chi connectivity index (χ1v) is 8.37. The van der Waals surface area contributed by atoms with Gasteiger partial charge in [-0.2, -0.15) is 0 Å². The standard InChI is InChI=1S/C16H18BrNS/c1-11-6-7-16(18,9-13-8-12(17)10-19-13)15-5-3-2-4-14(11)15/h2-5,8,10-11H,6-7,9,18H2,1H3. The van der Waals surface area contributed by atoms with Crippen molar-refractivity contribution in [1.82, 2.24) is 0 Å². The molecule has 0 saturated heterocycles. The lowest BCUT2D eigenvalue weighted by Crippen LogP contribution is -2.42.